The molecule has 2 fully saturated rings. The van der Waals surface area contributed by atoms with Crippen molar-refractivity contribution in [3.05, 3.63) is 28.3 Å². The summed E-state index contributed by atoms with van der Waals surface area (Å²) in [7, 11) is -1.78. The van der Waals surface area contributed by atoms with Gasteiger partial charge in [0.1, 0.15) is 0 Å². The van der Waals surface area contributed by atoms with Gasteiger partial charge in [0.25, 0.3) is 0 Å². The van der Waals surface area contributed by atoms with E-state index in [-0.39, 0.29) is 5.75 Å². The lowest BCUT2D eigenvalue weighted by Crippen LogP contribution is -2.41. The van der Waals surface area contributed by atoms with E-state index in [1.165, 1.54) is 30.2 Å². The lowest BCUT2D eigenvalue weighted by atomic mass is 9.83. The standard InChI is InChI=1S/C29H41N5O4S2/c1-19-23(17-33-13-9-22(10-14-33)29(2,3)35)25-26(39-19)24(31-28(32-25)34-11-7-6-8-12-34)20-15-21(18-40(5,36)37)27(38-4)30-16-20/h15-16,22,35H,6-14,17-18H2,1-5H3. The smallest absolute Gasteiger partial charge is 0.226 e. The zero-order valence-electron chi connectivity index (χ0n) is 24.2. The van der Waals surface area contributed by atoms with Crippen LogP contribution in [0.1, 0.15) is 62.0 Å². The van der Waals surface area contributed by atoms with Gasteiger partial charge in [-0.15, -0.1) is 11.3 Å². The van der Waals surface area contributed by atoms with Gasteiger partial charge in [-0.25, -0.2) is 23.4 Å². The van der Waals surface area contributed by atoms with Gasteiger partial charge in [0.2, 0.25) is 11.8 Å². The first-order valence-electron chi connectivity index (χ1n) is 14.1. The number of methoxy groups -OCH3 is 1. The molecule has 0 atom stereocenters. The predicted molar refractivity (Wildman–Crippen MR) is 161 cm³/mol. The number of rotatable bonds is 8. The number of aromatic nitrogens is 3. The van der Waals surface area contributed by atoms with Crippen LogP contribution in [0.5, 0.6) is 5.88 Å². The van der Waals surface area contributed by atoms with Crippen molar-refractivity contribution in [2.24, 2.45) is 5.92 Å². The second-order valence-corrected chi connectivity index (χ2v) is 15.3. The number of hydrogen-bond donors (Lipinski definition) is 1. The van der Waals surface area contributed by atoms with Crippen LogP contribution in [-0.4, -0.2) is 78.5 Å². The van der Waals surface area contributed by atoms with Gasteiger partial charge >= 0.3 is 0 Å². The van der Waals surface area contributed by atoms with E-state index < -0.39 is 15.4 Å². The second-order valence-electron chi connectivity index (χ2n) is 11.9. The van der Waals surface area contributed by atoms with E-state index in [2.05, 4.69) is 21.7 Å². The number of aryl methyl sites for hydroxylation is 1. The SMILES string of the molecule is COc1ncc(-c2nc(N3CCCCC3)nc3c(CN4CCC(C(C)(C)O)CC4)c(C)sc23)cc1CS(C)(=O)=O. The number of thiophene rings is 1. The minimum absolute atomic E-state index is 0.153. The summed E-state index contributed by atoms with van der Waals surface area (Å²) < 4.78 is 30.7. The van der Waals surface area contributed by atoms with Crippen LogP contribution in [0.15, 0.2) is 12.3 Å². The molecule has 2 saturated heterocycles. The fourth-order valence-corrected chi connectivity index (χ4v) is 7.84. The number of pyridine rings is 1. The van der Waals surface area contributed by atoms with Gasteiger partial charge < -0.3 is 14.7 Å². The molecule has 0 bridgehead atoms. The van der Waals surface area contributed by atoms with Gasteiger partial charge in [0.05, 0.1) is 34.4 Å². The Morgan fingerprint density at radius 2 is 1.82 bits per heavy atom. The van der Waals surface area contributed by atoms with E-state index >= 15 is 0 Å². The van der Waals surface area contributed by atoms with E-state index in [1.807, 2.05) is 19.9 Å². The van der Waals surface area contributed by atoms with Crippen LogP contribution >= 0.6 is 11.3 Å². The molecule has 40 heavy (non-hydrogen) atoms. The second kappa shape index (κ2) is 11.5. The van der Waals surface area contributed by atoms with E-state index in [0.29, 0.717) is 17.4 Å². The Kier molecular flexibility index (Phi) is 8.39. The maximum Gasteiger partial charge on any atom is 0.226 e. The molecule has 3 aromatic heterocycles. The molecule has 0 aliphatic carbocycles. The Balaban J connectivity index is 1.57. The number of likely N-dealkylation sites (tertiary alicyclic amines) is 1. The maximum atomic E-state index is 12.2. The summed E-state index contributed by atoms with van der Waals surface area (Å²) in [5, 5.41) is 10.5. The van der Waals surface area contributed by atoms with Gasteiger partial charge in [0.15, 0.2) is 9.84 Å². The fraction of sp³-hybridized carbons (Fsp3) is 0.621. The van der Waals surface area contributed by atoms with Crippen LogP contribution in [0.4, 0.5) is 5.95 Å². The molecule has 0 unspecified atom stereocenters. The van der Waals surface area contributed by atoms with Crippen molar-refractivity contribution in [2.75, 3.05) is 44.4 Å². The van der Waals surface area contributed by atoms with Crippen LogP contribution in [0.25, 0.3) is 21.5 Å². The van der Waals surface area contributed by atoms with Crippen molar-refractivity contribution < 1.29 is 18.3 Å². The molecule has 0 radical (unpaired) electrons. The van der Waals surface area contributed by atoms with Crippen LogP contribution in [0.3, 0.4) is 0 Å². The number of nitrogens with zero attached hydrogens (tertiary/aromatic N) is 5. The molecule has 0 amide bonds. The Bertz CT molecular complexity index is 1470. The average Bonchev–Trinajstić information content (AvgIpc) is 3.22. The molecule has 11 heteroatoms. The highest BCUT2D eigenvalue weighted by molar-refractivity contribution is 7.89. The number of sulfone groups is 1. The minimum atomic E-state index is -3.29. The van der Waals surface area contributed by atoms with Crippen LogP contribution in [-0.2, 0) is 22.1 Å². The quantitative estimate of drug-likeness (QED) is 0.405. The first kappa shape index (κ1) is 29.2. The molecule has 218 valence electrons. The van der Waals surface area contributed by atoms with E-state index in [1.54, 1.807) is 17.5 Å². The summed E-state index contributed by atoms with van der Waals surface area (Å²) in [6.45, 7) is 10.5. The highest BCUT2D eigenvalue weighted by atomic mass is 32.2. The molecule has 1 N–H and O–H groups in total. The lowest BCUT2D eigenvalue weighted by Gasteiger charge is -2.37. The van der Waals surface area contributed by atoms with E-state index in [9.17, 15) is 13.5 Å². The topological polar surface area (TPSA) is 109 Å². The summed E-state index contributed by atoms with van der Waals surface area (Å²) in [5.41, 5.74) is 3.63. The van der Waals surface area contributed by atoms with Crippen molar-refractivity contribution >= 4 is 37.3 Å². The third kappa shape index (κ3) is 6.42. The third-order valence-electron chi connectivity index (χ3n) is 8.24. The van der Waals surface area contributed by atoms with Gasteiger partial charge in [0, 0.05) is 53.7 Å². The van der Waals surface area contributed by atoms with Crippen molar-refractivity contribution in [3.63, 3.8) is 0 Å². The van der Waals surface area contributed by atoms with Gasteiger partial charge in [-0.2, -0.15) is 0 Å². The minimum Gasteiger partial charge on any atom is -0.481 e. The Labute approximate surface area is 241 Å². The summed E-state index contributed by atoms with van der Waals surface area (Å²) in [6, 6.07) is 1.85. The molecule has 9 nitrogen and oxygen atoms in total. The molecule has 5 heterocycles. The molecule has 5 rings (SSSR count). The highest BCUT2D eigenvalue weighted by Crippen LogP contribution is 2.40. The van der Waals surface area contributed by atoms with Crippen molar-refractivity contribution in [2.45, 2.75) is 70.8 Å². The summed E-state index contributed by atoms with van der Waals surface area (Å²) in [5.74, 6) is 1.20. The monoisotopic (exact) mass is 587 g/mol. The lowest BCUT2D eigenvalue weighted by molar-refractivity contribution is -0.0135. The molecule has 3 aromatic rings. The Hall–Kier alpha value is -2.34. The zero-order valence-corrected chi connectivity index (χ0v) is 25.9. The largest absolute Gasteiger partial charge is 0.481 e. The first-order valence-corrected chi connectivity index (χ1v) is 17.0. The summed E-state index contributed by atoms with van der Waals surface area (Å²) in [6.07, 6.45) is 8.34. The van der Waals surface area contributed by atoms with E-state index in [4.69, 9.17) is 14.7 Å². The Morgan fingerprint density at radius 1 is 1.12 bits per heavy atom. The van der Waals surface area contributed by atoms with Crippen molar-refractivity contribution in [1.82, 2.24) is 19.9 Å². The molecule has 0 spiro atoms. The average molecular weight is 588 g/mol. The normalized spacial score (nSPS) is 18.0. The molecule has 0 saturated carbocycles. The summed E-state index contributed by atoms with van der Waals surface area (Å²) in [4.78, 5) is 20.7. The van der Waals surface area contributed by atoms with Crippen molar-refractivity contribution in [1.29, 1.82) is 0 Å². The number of piperidine rings is 2. The van der Waals surface area contributed by atoms with Crippen LogP contribution in [0.2, 0.25) is 0 Å². The number of aliphatic hydroxyl groups is 1. The Morgan fingerprint density at radius 3 is 2.45 bits per heavy atom. The first-order chi connectivity index (χ1) is 18.9. The van der Waals surface area contributed by atoms with E-state index in [0.717, 1.165) is 85.8 Å². The molecular formula is C29H41N5O4S2. The molecule has 0 aromatic carbocycles. The zero-order chi connectivity index (χ0) is 28.7. The molecule has 2 aliphatic rings. The van der Waals surface area contributed by atoms with Crippen molar-refractivity contribution in [3.8, 4) is 17.1 Å². The predicted octanol–water partition coefficient (Wildman–Crippen LogP) is 4.59. The molecule has 2 aliphatic heterocycles. The van der Waals surface area contributed by atoms with Crippen LogP contribution in [0, 0.1) is 12.8 Å². The van der Waals surface area contributed by atoms with Gasteiger partial charge in [-0.05, 0) is 77.9 Å². The number of anilines is 1. The fourth-order valence-electron chi connectivity index (χ4n) is 5.96. The highest BCUT2D eigenvalue weighted by Gasteiger charge is 2.31. The number of ether oxygens (including phenoxy) is 1. The number of fused-ring (bicyclic) bond motifs is 1. The van der Waals surface area contributed by atoms with Gasteiger partial charge in [-0.1, -0.05) is 0 Å². The maximum absolute atomic E-state index is 12.2. The summed E-state index contributed by atoms with van der Waals surface area (Å²) >= 11 is 1.69. The van der Waals surface area contributed by atoms with Crippen LogP contribution < -0.4 is 9.64 Å². The molecular weight excluding hydrogens is 546 g/mol. The van der Waals surface area contributed by atoms with Gasteiger partial charge in [-0.3, -0.25) is 4.90 Å². The number of hydrogen-bond acceptors (Lipinski definition) is 10. The third-order valence-corrected chi connectivity index (χ3v) is 10.2.